The van der Waals surface area contributed by atoms with Gasteiger partial charge in [0.25, 0.3) is 6.43 Å². The predicted octanol–water partition coefficient (Wildman–Crippen LogP) is 5.54. The molecule has 0 radical (unpaired) electrons. The van der Waals surface area contributed by atoms with Gasteiger partial charge in [0.2, 0.25) is 5.70 Å². The van der Waals surface area contributed by atoms with Crippen molar-refractivity contribution in [2.24, 2.45) is 0 Å². The van der Waals surface area contributed by atoms with E-state index in [1.165, 1.54) is 0 Å². The molecule has 2 heterocycles. The van der Waals surface area contributed by atoms with Gasteiger partial charge in [-0.15, -0.1) is 0 Å². The minimum atomic E-state index is -2.91. The third kappa shape index (κ3) is 3.20. The predicted molar refractivity (Wildman–Crippen MR) is 110 cm³/mol. The molecular formula is C22H14ClF2N5. The number of aromatic amines is 1. The largest absolute Gasteiger partial charge is 0.362 e. The number of rotatable bonds is 3. The van der Waals surface area contributed by atoms with Crippen LogP contribution in [0.15, 0.2) is 59.4 Å². The van der Waals surface area contributed by atoms with Crippen LogP contribution in [0.25, 0.3) is 21.4 Å². The number of nitrogens with one attached hydrogen (secondary N) is 2. The lowest BCUT2D eigenvalue weighted by atomic mass is 9.83. The van der Waals surface area contributed by atoms with Crippen LogP contribution in [-0.4, -0.2) is 16.6 Å². The number of alkyl halides is 2. The number of hydrogen-bond donors (Lipinski definition) is 2. The van der Waals surface area contributed by atoms with E-state index < -0.39 is 18.0 Å². The Balaban J connectivity index is 1.99. The lowest BCUT2D eigenvalue weighted by Gasteiger charge is -2.29. The molecule has 1 aromatic heterocycles. The molecule has 1 aliphatic rings. The Hall–Kier alpha value is -3.68. The van der Waals surface area contributed by atoms with Gasteiger partial charge in [-0.3, -0.25) is 5.10 Å². The van der Waals surface area contributed by atoms with Gasteiger partial charge in [0.15, 0.2) is 0 Å². The van der Waals surface area contributed by atoms with E-state index in [1.807, 2.05) is 13.0 Å². The molecule has 8 heteroatoms. The zero-order valence-corrected chi connectivity index (χ0v) is 16.4. The number of benzene rings is 2. The fraction of sp³-hybridized carbons (Fsp3) is 0.136. The molecule has 0 spiro atoms. The summed E-state index contributed by atoms with van der Waals surface area (Å²) in [6.45, 7) is 9.62. The molecule has 0 bridgehead atoms. The summed E-state index contributed by atoms with van der Waals surface area (Å²) in [5.41, 5.74) is 2.37. The number of nitrogens with zero attached hydrogens (tertiary/aromatic N) is 3. The van der Waals surface area contributed by atoms with Crippen LogP contribution in [0.5, 0.6) is 0 Å². The molecule has 2 aromatic carbocycles. The zero-order chi connectivity index (χ0) is 21.4. The first-order valence-corrected chi connectivity index (χ1v) is 9.34. The molecule has 1 aliphatic heterocycles. The summed E-state index contributed by atoms with van der Waals surface area (Å²) in [6, 6.07) is 13.7. The maximum atomic E-state index is 13.9. The van der Waals surface area contributed by atoms with Gasteiger partial charge in [-0.1, -0.05) is 29.8 Å². The minimum Gasteiger partial charge on any atom is -0.362 e. The van der Waals surface area contributed by atoms with E-state index in [0.717, 1.165) is 11.1 Å². The third-order valence-electron chi connectivity index (χ3n) is 5.06. The molecule has 0 amide bonds. The van der Waals surface area contributed by atoms with Gasteiger partial charge in [0.1, 0.15) is 0 Å². The molecule has 30 heavy (non-hydrogen) atoms. The summed E-state index contributed by atoms with van der Waals surface area (Å²) in [6.07, 6.45) is -2.91. The Morgan fingerprint density at radius 2 is 1.97 bits per heavy atom. The molecule has 3 aromatic rings. The number of nitriles is 1. The molecule has 5 nitrogen and oxygen atoms in total. The highest BCUT2D eigenvalue weighted by atomic mass is 35.5. The Morgan fingerprint density at radius 3 is 2.60 bits per heavy atom. The van der Waals surface area contributed by atoms with Crippen molar-refractivity contribution in [3.05, 3.63) is 92.7 Å². The zero-order valence-electron chi connectivity index (χ0n) is 15.7. The van der Waals surface area contributed by atoms with Crippen LogP contribution in [0.4, 0.5) is 8.78 Å². The topological polar surface area (TPSA) is 68.9 Å². The number of fused-ring (bicyclic) bond motifs is 1. The van der Waals surface area contributed by atoms with Crippen LogP contribution in [0.2, 0.25) is 5.02 Å². The lowest BCUT2D eigenvalue weighted by molar-refractivity contribution is 0.181. The molecule has 1 unspecified atom stereocenters. The van der Waals surface area contributed by atoms with Crippen molar-refractivity contribution >= 4 is 28.2 Å². The van der Waals surface area contributed by atoms with Crippen LogP contribution in [0.1, 0.15) is 22.7 Å². The second-order valence-corrected chi connectivity index (χ2v) is 7.24. The van der Waals surface area contributed by atoms with Gasteiger partial charge in [-0.25, -0.2) is 13.6 Å². The van der Waals surface area contributed by atoms with Gasteiger partial charge in [0.05, 0.1) is 35.3 Å². The fourth-order valence-electron chi connectivity index (χ4n) is 3.62. The molecule has 2 N–H and O–H groups in total. The van der Waals surface area contributed by atoms with Crippen molar-refractivity contribution < 1.29 is 8.78 Å². The van der Waals surface area contributed by atoms with E-state index in [4.69, 9.17) is 18.2 Å². The third-order valence-corrected chi connectivity index (χ3v) is 5.31. The molecular weight excluding hydrogens is 408 g/mol. The number of H-pyrrole nitrogens is 1. The van der Waals surface area contributed by atoms with Crippen molar-refractivity contribution in [3.8, 4) is 6.07 Å². The van der Waals surface area contributed by atoms with Crippen molar-refractivity contribution in [3.63, 3.8) is 0 Å². The van der Waals surface area contributed by atoms with Gasteiger partial charge in [-0.2, -0.15) is 10.4 Å². The van der Waals surface area contributed by atoms with Crippen LogP contribution < -0.4 is 5.32 Å². The first kappa shape index (κ1) is 19.6. The number of halogens is 3. The summed E-state index contributed by atoms with van der Waals surface area (Å²) >= 11 is 5.95. The smallest absolute Gasteiger partial charge is 0.279 e. The molecule has 1 atom stereocenters. The SMILES string of the molecule is [C-]#[N+]C1=C(c2ccc(Cl)cc2)NC(C(F)F)=C(C#N)C1c1ccc2n[nH]c(C)c2c1. The van der Waals surface area contributed by atoms with E-state index in [0.29, 0.717) is 21.7 Å². The summed E-state index contributed by atoms with van der Waals surface area (Å²) in [7, 11) is 0. The van der Waals surface area contributed by atoms with Crippen molar-refractivity contribution in [2.75, 3.05) is 0 Å². The van der Waals surface area contributed by atoms with Crippen LogP contribution in [-0.2, 0) is 0 Å². The van der Waals surface area contributed by atoms with Crippen molar-refractivity contribution in [1.82, 2.24) is 15.5 Å². The first-order valence-electron chi connectivity index (χ1n) is 8.96. The number of dihydropyridines is 1. The highest BCUT2D eigenvalue weighted by molar-refractivity contribution is 6.30. The fourth-order valence-corrected chi connectivity index (χ4v) is 3.74. The maximum absolute atomic E-state index is 13.9. The van der Waals surface area contributed by atoms with Gasteiger partial charge in [0, 0.05) is 21.8 Å². The summed E-state index contributed by atoms with van der Waals surface area (Å²) in [5, 5.41) is 20.7. The second-order valence-electron chi connectivity index (χ2n) is 6.80. The van der Waals surface area contributed by atoms with E-state index in [-0.39, 0.29) is 17.0 Å². The maximum Gasteiger partial charge on any atom is 0.279 e. The Kier molecular flexibility index (Phi) is 4.99. The monoisotopic (exact) mass is 421 g/mol. The minimum absolute atomic E-state index is 0.166. The van der Waals surface area contributed by atoms with E-state index in [9.17, 15) is 14.0 Å². The van der Waals surface area contributed by atoms with Crippen LogP contribution >= 0.6 is 11.6 Å². The average Bonchev–Trinajstić information content (AvgIpc) is 3.12. The molecule has 0 saturated carbocycles. The molecule has 4 rings (SSSR count). The summed E-state index contributed by atoms with van der Waals surface area (Å²) in [4.78, 5) is 3.65. The van der Waals surface area contributed by atoms with E-state index in [2.05, 4.69) is 20.4 Å². The molecule has 0 aliphatic carbocycles. The molecule has 0 saturated heterocycles. The number of allylic oxidation sites excluding steroid dienone is 2. The highest BCUT2D eigenvalue weighted by Gasteiger charge is 2.36. The Bertz CT molecular complexity index is 1290. The van der Waals surface area contributed by atoms with Crippen molar-refractivity contribution in [2.45, 2.75) is 19.3 Å². The first-order chi connectivity index (χ1) is 14.4. The van der Waals surface area contributed by atoms with Crippen molar-refractivity contribution in [1.29, 1.82) is 5.26 Å². The van der Waals surface area contributed by atoms with Crippen LogP contribution in [0.3, 0.4) is 0 Å². The number of aryl methyl sites for hydroxylation is 1. The summed E-state index contributed by atoms with van der Waals surface area (Å²) < 4.78 is 27.8. The average molecular weight is 422 g/mol. The standard InChI is InChI=1S/C22H14ClF2N5/c1-11-15-9-13(5-8-17(15)30-29-11)18-16(10-26)20(22(24)25)28-19(21(18)27-2)12-3-6-14(23)7-4-12/h3-9,18,22,28H,1H3,(H,29,30). The van der Waals surface area contributed by atoms with E-state index >= 15 is 0 Å². The van der Waals surface area contributed by atoms with Gasteiger partial charge >= 0.3 is 0 Å². The Labute approximate surface area is 176 Å². The molecule has 0 fully saturated rings. The normalized spacial score (nSPS) is 16.6. The Morgan fingerprint density at radius 1 is 1.23 bits per heavy atom. The quantitative estimate of drug-likeness (QED) is 0.545. The van der Waals surface area contributed by atoms with Gasteiger partial charge < -0.3 is 5.32 Å². The summed E-state index contributed by atoms with van der Waals surface area (Å²) in [5.74, 6) is -0.929. The van der Waals surface area contributed by atoms with Gasteiger partial charge in [-0.05, 0) is 42.3 Å². The number of aromatic nitrogens is 2. The van der Waals surface area contributed by atoms with E-state index in [1.54, 1.807) is 42.5 Å². The second kappa shape index (κ2) is 7.62. The highest BCUT2D eigenvalue weighted by Crippen LogP contribution is 2.43. The lowest BCUT2D eigenvalue weighted by Crippen LogP contribution is -2.28. The van der Waals surface area contributed by atoms with Crippen LogP contribution in [0, 0.1) is 24.8 Å². The number of hydrogen-bond acceptors (Lipinski definition) is 3. The molecule has 148 valence electrons.